The molecule has 0 bridgehead atoms. The first-order valence-electron chi connectivity index (χ1n) is 6.37. The van der Waals surface area contributed by atoms with Gasteiger partial charge in [0.25, 0.3) is 5.91 Å². The number of rotatable bonds is 2. The van der Waals surface area contributed by atoms with Crippen LogP contribution in [-0.4, -0.2) is 17.6 Å². The summed E-state index contributed by atoms with van der Waals surface area (Å²) in [5, 5.41) is 11.4. The smallest absolute Gasteiger partial charge is 0.255 e. The number of aliphatic hydroxyl groups is 1. The summed E-state index contributed by atoms with van der Waals surface area (Å²) in [6.07, 6.45) is 0. The first kappa shape index (κ1) is 14.8. The van der Waals surface area contributed by atoms with Crippen molar-refractivity contribution in [1.29, 1.82) is 0 Å². The summed E-state index contributed by atoms with van der Waals surface area (Å²) in [6, 6.07) is 10.8. The Balaban J connectivity index is 2.24. The highest BCUT2D eigenvalue weighted by Gasteiger charge is 2.08. The zero-order valence-corrected chi connectivity index (χ0v) is 11.5. The Bertz CT molecular complexity index is 729. The van der Waals surface area contributed by atoms with Crippen molar-refractivity contribution in [3.05, 3.63) is 65.0 Å². The molecule has 0 fully saturated rings. The van der Waals surface area contributed by atoms with Crippen molar-refractivity contribution in [2.75, 3.05) is 11.9 Å². The topological polar surface area (TPSA) is 49.3 Å². The van der Waals surface area contributed by atoms with Crippen LogP contribution in [0.25, 0.3) is 0 Å². The fraction of sp³-hybridized carbons (Fsp3) is 0.118. The monoisotopic (exact) mass is 283 g/mol. The maximum atomic E-state index is 13.1. The van der Waals surface area contributed by atoms with Crippen LogP contribution in [0, 0.1) is 24.6 Å². The largest absolute Gasteiger partial charge is 0.384 e. The van der Waals surface area contributed by atoms with Crippen molar-refractivity contribution in [3.63, 3.8) is 0 Å². The predicted octanol–water partition coefficient (Wildman–Crippen LogP) is 2.73. The zero-order chi connectivity index (χ0) is 15.2. The highest BCUT2D eigenvalue weighted by atomic mass is 19.1. The molecule has 0 aliphatic carbocycles. The maximum Gasteiger partial charge on any atom is 0.255 e. The molecular formula is C17H14FNO2. The van der Waals surface area contributed by atoms with Crippen LogP contribution in [0.2, 0.25) is 0 Å². The standard InChI is InChI=1S/C17H14FNO2/c1-12-7-8-13(4-3-9-20)10-16(12)19-17(21)14-5-2-6-15(18)11-14/h2,5-8,10-11,20H,9H2,1H3,(H,19,21). The molecule has 0 unspecified atom stereocenters. The van der Waals surface area contributed by atoms with Gasteiger partial charge in [0.1, 0.15) is 12.4 Å². The van der Waals surface area contributed by atoms with Crippen LogP contribution < -0.4 is 5.32 Å². The minimum Gasteiger partial charge on any atom is -0.384 e. The summed E-state index contributed by atoms with van der Waals surface area (Å²) in [5.74, 6) is 4.48. The number of hydrogen-bond acceptors (Lipinski definition) is 2. The second-order valence-electron chi connectivity index (χ2n) is 4.45. The van der Waals surface area contributed by atoms with Gasteiger partial charge in [-0.3, -0.25) is 4.79 Å². The maximum absolute atomic E-state index is 13.1. The number of carbonyl (C=O) groups excluding carboxylic acids is 1. The van der Waals surface area contributed by atoms with E-state index in [9.17, 15) is 9.18 Å². The molecular weight excluding hydrogens is 269 g/mol. The molecule has 0 heterocycles. The van der Waals surface area contributed by atoms with Gasteiger partial charge in [-0.15, -0.1) is 0 Å². The lowest BCUT2D eigenvalue weighted by atomic mass is 10.1. The fourth-order valence-corrected chi connectivity index (χ4v) is 1.80. The van der Waals surface area contributed by atoms with E-state index in [1.165, 1.54) is 18.2 Å². The van der Waals surface area contributed by atoms with Crippen molar-refractivity contribution in [3.8, 4) is 11.8 Å². The summed E-state index contributed by atoms with van der Waals surface area (Å²) >= 11 is 0. The van der Waals surface area contributed by atoms with E-state index >= 15 is 0 Å². The van der Waals surface area contributed by atoms with Crippen molar-refractivity contribution in [2.24, 2.45) is 0 Å². The molecule has 0 atom stereocenters. The molecule has 2 aromatic rings. The molecule has 21 heavy (non-hydrogen) atoms. The minimum absolute atomic E-state index is 0.223. The lowest BCUT2D eigenvalue weighted by molar-refractivity contribution is 0.102. The minimum atomic E-state index is -0.457. The number of amides is 1. The molecule has 2 N–H and O–H groups in total. The highest BCUT2D eigenvalue weighted by Crippen LogP contribution is 2.17. The van der Waals surface area contributed by atoms with Gasteiger partial charge < -0.3 is 10.4 Å². The first-order valence-corrected chi connectivity index (χ1v) is 6.37. The number of nitrogens with one attached hydrogen (secondary N) is 1. The van der Waals surface area contributed by atoms with Crippen molar-refractivity contribution in [1.82, 2.24) is 0 Å². The van der Waals surface area contributed by atoms with Crippen molar-refractivity contribution >= 4 is 11.6 Å². The number of anilines is 1. The third kappa shape index (κ3) is 3.91. The Labute approximate surface area is 122 Å². The Hall–Kier alpha value is -2.64. The normalized spacial score (nSPS) is 9.67. The molecule has 0 aliphatic heterocycles. The number of halogens is 1. The summed E-state index contributed by atoms with van der Waals surface area (Å²) < 4.78 is 13.1. The van der Waals surface area contributed by atoms with Gasteiger partial charge in [-0.2, -0.15) is 0 Å². The van der Waals surface area contributed by atoms with Gasteiger partial charge in [-0.1, -0.05) is 24.0 Å². The molecule has 4 heteroatoms. The van der Waals surface area contributed by atoms with Crippen molar-refractivity contribution in [2.45, 2.75) is 6.92 Å². The molecule has 2 rings (SSSR count). The third-order valence-electron chi connectivity index (χ3n) is 2.88. The van der Waals surface area contributed by atoms with E-state index in [4.69, 9.17) is 5.11 Å². The van der Waals surface area contributed by atoms with E-state index in [2.05, 4.69) is 17.2 Å². The Morgan fingerprint density at radius 1 is 1.29 bits per heavy atom. The Morgan fingerprint density at radius 2 is 2.10 bits per heavy atom. The second-order valence-corrected chi connectivity index (χ2v) is 4.45. The molecule has 0 radical (unpaired) electrons. The lowest BCUT2D eigenvalue weighted by Gasteiger charge is -2.09. The second kappa shape index (κ2) is 6.69. The van der Waals surface area contributed by atoms with Crippen LogP contribution >= 0.6 is 0 Å². The quantitative estimate of drug-likeness (QED) is 0.833. The first-order chi connectivity index (χ1) is 10.1. The van der Waals surface area contributed by atoms with E-state index < -0.39 is 5.82 Å². The molecule has 0 saturated carbocycles. The summed E-state index contributed by atoms with van der Waals surface area (Å²) in [6.45, 7) is 1.63. The van der Waals surface area contributed by atoms with Gasteiger partial charge in [0.05, 0.1) is 0 Å². The molecule has 1 amide bonds. The molecule has 0 aliphatic rings. The van der Waals surface area contributed by atoms with Gasteiger partial charge in [0, 0.05) is 16.8 Å². The molecule has 0 aromatic heterocycles. The summed E-state index contributed by atoms with van der Waals surface area (Å²) in [4.78, 5) is 12.1. The van der Waals surface area contributed by atoms with Crippen molar-refractivity contribution < 1.29 is 14.3 Å². The molecule has 0 saturated heterocycles. The van der Waals surface area contributed by atoms with Crippen LogP contribution in [-0.2, 0) is 0 Å². The summed E-state index contributed by atoms with van der Waals surface area (Å²) in [5.41, 5.74) is 2.41. The van der Waals surface area contributed by atoms with E-state index in [0.29, 0.717) is 11.3 Å². The number of benzene rings is 2. The Kier molecular flexibility index (Phi) is 4.70. The van der Waals surface area contributed by atoms with Gasteiger partial charge in [0.15, 0.2) is 0 Å². The number of hydrogen-bond donors (Lipinski definition) is 2. The fourth-order valence-electron chi connectivity index (χ4n) is 1.80. The van der Waals surface area contributed by atoms with Crippen LogP contribution in [0.15, 0.2) is 42.5 Å². The van der Waals surface area contributed by atoms with Crippen LogP contribution in [0.3, 0.4) is 0 Å². The van der Waals surface area contributed by atoms with E-state index in [1.807, 2.05) is 13.0 Å². The lowest BCUT2D eigenvalue weighted by Crippen LogP contribution is -2.13. The molecule has 3 nitrogen and oxygen atoms in total. The van der Waals surface area contributed by atoms with Gasteiger partial charge >= 0.3 is 0 Å². The average Bonchev–Trinajstić information content (AvgIpc) is 2.48. The van der Waals surface area contributed by atoms with Gasteiger partial charge in [-0.25, -0.2) is 4.39 Å². The third-order valence-corrected chi connectivity index (χ3v) is 2.88. The molecule has 0 spiro atoms. The Morgan fingerprint density at radius 3 is 2.81 bits per heavy atom. The molecule has 106 valence electrons. The van der Waals surface area contributed by atoms with Crippen LogP contribution in [0.5, 0.6) is 0 Å². The van der Waals surface area contributed by atoms with E-state index in [0.717, 1.165) is 5.56 Å². The predicted molar refractivity (Wildman–Crippen MR) is 79.5 cm³/mol. The van der Waals surface area contributed by atoms with Gasteiger partial charge in [0.2, 0.25) is 0 Å². The van der Waals surface area contributed by atoms with E-state index in [-0.39, 0.29) is 18.1 Å². The zero-order valence-electron chi connectivity index (χ0n) is 11.5. The average molecular weight is 283 g/mol. The number of carbonyl (C=O) groups is 1. The van der Waals surface area contributed by atoms with Crippen LogP contribution in [0.4, 0.5) is 10.1 Å². The summed E-state index contributed by atoms with van der Waals surface area (Å²) in [7, 11) is 0. The van der Waals surface area contributed by atoms with E-state index in [1.54, 1.807) is 18.2 Å². The van der Waals surface area contributed by atoms with Gasteiger partial charge in [-0.05, 0) is 42.8 Å². The molecule has 2 aromatic carbocycles. The highest BCUT2D eigenvalue weighted by molar-refractivity contribution is 6.04. The SMILES string of the molecule is Cc1ccc(C#CCO)cc1NC(=O)c1cccc(F)c1. The number of aryl methyl sites for hydroxylation is 1. The van der Waals surface area contributed by atoms with Crippen LogP contribution in [0.1, 0.15) is 21.5 Å². The number of aliphatic hydroxyl groups excluding tert-OH is 1.